The minimum atomic E-state index is -1.18. The molecule has 3 aromatic carbocycles. The molecule has 3 aromatic rings. The first-order chi connectivity index (χ1) is 17.0. The van der Waals surface area contributed by atoms with Gasteiger partial charge >= 0.3 is 5.97 Å². The molecule has 0 spiro atoms. The van der Waals surface area contributed by atoms with Gasteiger partial charge in [-0.2, -0.15) is 0 Å². The smallest absolute Gasteiger partial charge is 0.308 e. The van der Waals surface area contributed by atoms with Crippen molar-refractivity contribution in [1.29, 1.82) is 0 Å². The monoisotopic (exact) mass is 474 g/mol. The molecule has 0 bridgehead atoms. The number of fused-ring (bicyclic) bond motifs is 1. The highest BCUT2D eigenvalue weighted by Crippen LogP contribution is 2.32. The van der Waals surface area contributed by atoms with E-state index in [9.17, 15) is 14.4 Å². The molecule has 1 atom stereocenters. The van der Waals surface area contributed by atoms with E-state index in [1.54, 1.807) is 54.6 Å². The second-order valence-electron chi connectivity index (χ2n) is 8.03. The maximum atomic E-state index is 13.2. The number of ether oxygens (including phenoxy) is 3. The molecule has 0 saturated carbocycles. The highest BCUT2D eigenvalue weighted by Gasteiger charge is 2.29. The highest BCUT2D eigenvalue weighted by molar-refractivity contribution is 5.99. The Kier molecular flexibility index (Phi) is 7.30. The first-order valence-corrected chi connectivity index (χ1v) is 11.2. The Morgan fingerprint density at radius 3 is 2.57 bits per heavy atom. The molecule has 4 rings (SSSR count). The summed E-state index contributed by atoms with van der Waals surface area (Å²) >= 11 is 0. The molecule has 0 radical (unpaired) electrons. The summed E-state index contributed by atoms with van der Waals surface area (Å²) in [5, 5.41) is 2.81. The number of nitrogens with zero attached hydrogens (tertiary/aromatic N) is 1. The fourth-order valence-electron chi connectivity index (χ4n) is 3.81. The van der Waals surface area contributed by atoms with Crippen molar-refractivity contribution in [3.63, 3.8) is 0 Å². The van der Waals surface area contributed by atoms with Crippen LogP contribution in [0.25, 0.3) is 0 Å². The van der Waals surface area contributed by atoms with E-state index in [2.05, 4.69) is 5.32 Å². The van der Waals surface area contributed by atoms with E-state index in [4.69, 9.17) is 14.2 Å². The molecular formula is C27H26N2O6. The number of methoxy groups -OCH3 is 1. The minimum absolute atomic E-state index is 0.0928. The van der Waals surface area contributed by atoms with Gasteiger partial charge in [-0.25, -0.2) is 0 Å². The number of anilines is 2. The van der Waals surface area contributed by atoms with E-state index in [1.807, 2.05) is 25.1 Å². The first kappa shape index (κ1) is 23.8. The van der Waals surface area contributed by atoms with Gasteiger partial charge in [0.1, 0.15) is 11.5 Å². The molecule has 0 saturated heterocycles. The number of nitrogens with one attached hydrogen (secondary N) is 1. The van der Waals surface area contributed by atoms with Gasteiger partial charge in [-0.15, -0.1) is 0 Å². The van der Waals surface area contributed by atoms with E-state index in [1.165, 1.54) is 12.0 Å². The van der Waals surface area contributed by atoms with Crippen LogP contribution in [-0.2, 0) is 19.1 Å². The maximum Gasteiger partial charge on any atom is 0.308 e. The van der Waals surface area contributed by atoms with Crippen molar-refractivity contribution in [3.8, 4) is 11.5 Å². The molecule has 180 valence electrons. The number of carbonyl (C=O) groups excluding carboxylic acids is 3. The average molecular weight is 475 g/mol. The van der Waals surface area contributed by atoms with Crippen LogP contribution >= 0.6 is 0 Å². The predicted octanol–water partition coefficient (Wildman–Crippen LogP) is 4.04. The number of amides is 2. The number of rotatable bonds is 8. The highest BCUT2D eigenvalue weighted by atomic mass is 16.5. The number of benzene rings is 3. The number of carbonyl (C=O) groups is 3. The fraction of sp³-hybridized carbons (Fsp3) is 0.222. The Morgan fingerprint density at radius 2 is 1.80 bits per heavy atom. The van der Waals surface area contributed by atoms with Gasteiger partial charge in [-0.3, -0.25) is 14.4 Å². The van der Waals surface area contributed by atoms with Gasteiger partial charge in [0, 0.05) is 12.1 Å². The topological polar surface area (TPSA) is 94.2 Å². The zero-order valence-corrected chi connectivity index (χ0v) is 19.5. The van der Waals surface area contributed by atoms with Crippen LogP contribution in [0.1, 0.15) is 23.7 Å². The van der Waals surface area contributed by atoms with E-state index in [-0.39, 0.29) is 25.5 Å². The number of para-hydroxylation sites is 2. The van der Waals surface area contributed by atoms with Gasteiger partial charge in [0.25, 0.3) is 11.8 Å². The molecule has 8 heteroatoms. The third-order valence-corrected chi connectivity index (χ3v) is 5.55. The fourth-order valence-corrected chi connectivity index (χ4v) is 3.81. The molecular weight excluding hydrogens is 448 g/mol. The van der Waals surface area contributed by atoms with E-state index < -0.39 is 18.0 Å². The molecule has 0 aliphatic carbocycles. The summed E-state index contributed by atoms with van der Waals surface area (Å²) in [4.78, 5) is 39.9. The Bertz CT molecular complexity index is 1230. The second kappa shape index (κ2) is 10.7. The summed E-state index contributed by atoms with van der Waals surface area (Å²) in [5.74, 6) is -0.302. The van der Waals surface area contributed by atoms with Gasteiger partial charge in [-0.1, -0.05) is 48.5 Å². The third kappa shape index (κ3) is 5.60. The Balaban J connectivity index is 1.48. The second-order valence-corrected chi connectivity index (χ2v) is 8.03. The Morgan fingerprint density at radius 1 is 1.06 bits per heavy atom. The van der Waals surface area contributed by atoms with Crippen LogP contribution in [0, 0.1) is 6.92 Å². The lowest BCUT2D eigenvalue weighted by Gasteiger charge is -2.29. The first-order valence-electron chi connectivity index (χ1n) is 11.2. The molecule has 8 nitrogen and oxygen atoms in total. The lowest BCUT2D eigenvalue weighted by molar-refractivity contribution is -0.154. The van der Waals surface area contributed by atoms with Crippen molar-refractivity contribution in [3.05, 3.63) is 83.9 Å². The number of hydrogen-bond acceptors (Lipinski definition) is 6. The average Bonchev–Trinajstić information content (AvgIpc) is 2.87. The molecule has 1 aliphatic heterocycles. The van der Waals surface area contributed by atoms with E-state index in [0.29, 0.717) is 28.4 Å². The summed E-state index contributed by atoms with van der Waals surface area (Å²) in [5.41, 5.74) is 2.54. The van der Waals surface area contributed by atoms with Crippen LogP contribution in [0.2, 0.25) is 0 Å². The largest absolute Gasteiger partial charge is 0.495 e. The zero-order valence-electron chi connectivity index (χ0n) is 19.5. The van der Waals surface area contributed by atoms with Crippen LogP contribution in [0.4, 0.5) is 11.4 Å². The van der Waals surface area contributed by atoms with Crippen LogP contribution in [0.15, 0.2) is 72.8 Å². The van der Waals surface area contributed by atoms with E-state index >= 15 is 0 Å². The molecule has 1 N–H and O–H groups in total. The standard InChI is InChI=1S/C27H26N2O6/c1-18-12-13-22(33-2)20(16-18)28-27(32)26(19-8-4-3-5-9-19)35-25(31)14-15-29-21-10-6-7-11-23(21)34-17-24(29)30/h3-13,16,26H,14-15,17H2,1-2H3,(H,28,32). The SMILES string of the molecule is COc1ccc(C)cc1NC(=O)C(OC(=O)CCN1C(=O)COc2ccccc21)c1ccccc1. The van der Waals surface area contributed by atoms with Crippen molar-refractivity contribution in [2.45, 2.75) is 19.4 Å². The van der Waals surface area contributed by atoms with Crippen molar-refractivity contribution in [1.82, 2.24) is 0 Å². The van der Waals surface area contributed by atoms with Crippen LogP contribution in [0.5, 0.6) is 11.5 Å². The quantitative estimate of drug-likeness (QED) is 0.495. The Labute approximate surface area is 203 Å². The van der Waals surface area contributed by atoms with Crippen molar-refractivity contribution in [2.24, 2.45) is 0 Å². The predicted molar refractivity (Wildman–Crippen MR) is 131 cm³/mol. The van der Waals surface area contributed by atoms with Gasteiger partial charge in [0.15, 0.2) is 6.61 Å². The molecule has 1 aliphatic rings. The van der Waals surface area contributed by atoms with Gasteiger partial charge < -0.3 is 24.4 Å². The van der Waals surface area contributed by atoms with Crippen molar-refractivity contribution in [2.75, 3.05) is 30.5 Å². The van der Waals surface area contributed by atoms with Crippen LogP contribution in [-0.4, -0.2) is 38.0 Å². The number of hydrogen-bond donors (Lipinski definition) is 1. The van der Waals surface area contributed by atoms with Gasteiger partial charge in [0.2, 0.25) is 6.10 Å². The van der Waals surface area contributed by atoms with Gasteiger partial charge in [0.05, 0.1) is 24.9 Å². The minimum Gasteiger partial charge on any atom is -0.495 e. The molecule has 1 heterocycles. The van der Waals surface area contributed by atoms with Crippen molar-refractivity contribution < 1.29 is 28.6 Å². The molecule has 0 fully saturated rings. The molecule has 35 heavy (non-hydrogen) atoms. The molecule has 0 aromatic heterocycles. The zero-order chi connectivity index (χ0) is 24.8. The third-order valence-electron chi connectivity index (χ3n) is 5.55. The lowest BCUT2D eigenvalue weighted by atomic mass is 10.1. The summed E-state index contributed by atoms with van der Waals surface area (Å²) in [7, 11) is 1.51. The van der Waals surface area contributed by atoms with Gasteiger partial charge in [-0.05, 0) is 36.8 Å². The number of aryl methyl sites for hydroxylation is 1. The van der Waals surface area contributed by atoms with Crippen LogP contribution < -0.4 is 19.7 Å². The summed E-state index contributed by atoms with van der Waals surface area (Å²) in [6.07, 6.45) is -1.27. The molecule has 2 amide bonds. The lowest BCUT2D eigenvalue weighted by Crippen LogP contribution is -2.40. The normalized spacial score (nSPS) is 13.3. The summed E-state index contributed by atoms with van der Waals surface area (Å²) in [6.45, 7) is 1.90. The van der Waals surface area contributed by atoms with Crippen molar-refractivity contribution >= 4 is 29.2 Å². The Hall–Kier alpha value is -4.33. The summed E-state index contributed by atoms with van der Waals surface area (Å²) < 4.78 is 16.4. The maximum absolute atomic E-state index is 13.2. The molecule has 1 unspecified atom stereocenters. The van der Waals surface area contributed by atoms with E-state index in [0.717, 1.165) is 5.56 Å². The summed E-state index contributed by atoms with van der Waals surface area (Å²) in [6, 6.07) is 21.3. The number of esters is 1. The van der Waals surface area contributed by atoms with Crippen LogP contribution in [0.3, 0.4) is 0 Å².